The zero-order chi connectivity index (χ0) is 31.1. The van der Waals surface area contributed by atoms with Crippen LogP contribution in [0.25, 0.3) is 0 Å². The Hall–Kier alpha value is -4.13. The summed E-state index contributed by atoms with van der Waals surface area (Å²) in [6.07, 6.45) is -5.67. The summed E-state index contributed by atoms with van der Waals surface area (Å²) in [6, 6.07) is 8.49. The Bertz CT molecular complexity index is 1540. The van der Waals surface area contributed by atoms with Crippen LogP contribution in [0.15, 0.2) is 66.9 Å². The van der Waals surface area contributed by atoms with Crippen LogP contribution >= 0.6 is 11.6 Å². The van der Waals surface area contributed by atoms with Gasteiger partial charge in [0.1, 0.15) is 23.7 Å². The summed E-state index contributed by atoms with van der Waals surface area (Å²) in [5.41, 5.74) is -1.08. The summed E-state index contributed by atoms with van der Waals surface area (Å²) in [5.74, 6) is -6.35. The predicted octanol–water partition coefficient (Wildman–Crippen LogP) is 6.71. The van der Waals surface area contributed by atoms with Gasteiger partial charge in [-0.25, -0.2) is 18.2 Å². The van der Waals surface area contributed by atoms with Gasteiger partial charge in [-0.2, -0.15) is 13.2 Å². The minimum absolute atomic E-state index is 0. The van der Waals surface area contributed by atoms with E-state index in [0.717, 1.165) is 28.0 Å². The van der Waals surface area contributed by atoms with Crippen molar-refractivity contribution < 1.29 is 40.7 Å². The molecule has 2 fully saturated rings. The monoisotopic (exact) mass is 640 g/mol. The SMILES string of the molecule is C.O=C(NC1CC(F)(F)C1)[C@H](c1ccccc1Cl)N(C(=O)[C@@H]1CCC(=O)N1c1ccc(C(F)(F)F)cn1)c1cccc(F)c1. The fraction of sp³-hybridized carbons (Fsp3) is 0.333. The van der Waals surface area contributed by atoms with Crippen LogP contribution in [0.5, 0.6) is 0 Å². The van der Waals surface area contributed by atoms with E-state index >= 15 is 0 Å². The minimum Gasteiger partial charge on any atom is -0.351 e. The number of aromatic nitrogens is 1. The van der Waals surface area contributed by atoms with Crippen LogP contribution in [0, 0.1) is 5.82 Å². The highest BCUT2D eigenvalue weighted by molar-refractivity contribution is 6.31. The van der Waals surface area contributed by atoms with E-state index in [1.807, 2.05) is 0 Å². The van der Waals surface area contributed by atoms with Crippen molar-refractivity contribution in [2.45, 2.75) is 63.3 Å². The van der Waals surface area contributed by atoms with E-state index < -0.39 is 72.2 Å². The molecule has 44 heavy (non-hydrogen) atoms. The average Bonchev–Trinajstić information content (AvgIpc) is 3.31. The van der Waals surface area contributed by atoms with E-state index in [-0.39, 0.29) is 42.4 Å². The lowest BCUT2D eigenvalue weighted by molar-refractivity contribution is -0.138. The number of nitrogens with zero attached hydrogens (tertiary/aromatic N) is 3. The number of pyridine rings is 1. The van der Waals surface area contributed by atoms with E-state index in [9.17, 15) is 40.7 Å². The van der Waals surface area contributed by atoms with Crippen molar-refractivity contribution in [1.82, 2.24) is 10.3 Å². The number of alkyl halides is 5. The van der Waals surface area contributed by atoms with Crippen molar-refractivity contribution in [3.8, 4) is 0 Å². The fourth-order valence-electron chi connectivity index (χ4n) is 5.23. The molecule has 1 N–H and O–H groups in total. The van der Waals surface area contributed by atoms with Crippen LogP contribution in [0.1, 0.15) is 50.3 Å². The molecule has 0 bridgehead atoms. The van der Waals surface area contributed by atoms with Crippen molar-refractivity contribution in [2.75, 3.05) is 9.80 Å². The zero-order valence-corrected chi connectivity index (χ0v) is 22.9. The van der Waals surface area contributed by atoms with Crippen molar-refractivity contribution in [1.29, 1.82) is 0 Å². The van der Waals surface area contributed by atoms with Crippen LogP contribution in [0.4, 0.5) is 37.8 Å². The Morgan fingerprint density at radius 3 is 2.36 bits per heavy atom. The Kier molecular flexibility index (Phi) is 9.29. The molecule has 2 aliphatic rings. The number of hydrogen-bond donors (Lipinski definition) is 1. The molecular weight excluding hydrogens is 614 g/mol. The molecule has 0 radical (unpaired) electrons. The number of amides is 3. The summed E-state index contributed by atoms with van der Waals surface area (Å²) in [5, 5.41) is 2.56. The smallest absolute Gasteiger partial charge is 0.351 e. The molecule has 2 aromatic carbocycles. The van der Waals surface area contributed by atoms with E-state index in [0.29, 0.717) is 12.3 Å². The normalized spacial score (nSPS) is 18.7. The first-order valence-electron chi connectivity index (χ1n) is 13.1. The number of carbonyl (C=O) groups excluding carboxylic acids is 3. The molecule has 7 nitrogen and oxygen atoms in total. The number of anilines is 2. The standard InChI is InChI=1S/C29H23ClF6N4O3.CH4/c30-21-7-2-1-6-20(21)25(26(42)38-18-13-28(32,33)14-18)39(19-5-3-4-17(31)12-19)27(43)22-9-11-24(41)40(22)23-10-8-16(15-37-23)29(34,35)36;/h1-8,10,12,15,18,22,25H,9,11,13-14H2,(H,38,42);1H4/t22-,25-;/m0./s1. The van der Waals surface area contributed by atoms with Gasteiger partial charge in [0.25, 0.3) is 11.8 Å². The summed E-state index contributed by atoms with van der Waals surface area (Å²) < 4.78 is 81.0. The van der Waals surface area contributed by atoms with Gasteiger partial charge in [0.15, 0.2) is 0 Å². The first-order chi connectivity index (χ1) is 20.2. The van der Waals surface area contributed by atoms with Crippen LogP contribution in [-0.4, -0.2) is 40.7 Å². The Morgan fingerprint density at radius 1 is 1.07 bits per heavy atom. The maximum atomic E-state index is 14.5. The molecule has 1 saturated carbocycles. The maximum Gasteiger partial charge on any atom is 0.417 e. The third-order valence-electron chi connectivity index (χ3n) is 7.29. The summed E-state index contributed by atoms with van der Waals surface area (Å²) in [7, 11) is 0. The third kappa shape index (κ3) is 6.67. The fourth-order valence-corrected chi connectivity index (χ4v) is 5.47. The van der Waals surface area contributed by atoms with Crippen LogP contribution in [0.3, 0.4) is 0 Å². The number of halogens is 7. The van der Waals surface area contributed by atoms with Gasteiger partial charge in [-0.05, 0) is 42.8 Å². The maximum absolute atomic E-state index is 14.5. The molecule has 234 valence electrons. The molecule has 3 amide bonds. The highest BCUT2D eigenvalue weighted by Gasteiger charge is 2.48. The number of nitrogens with one attached hydrogen (secondary N) is 1. The number of hydrogen-bond acceptors (Lipinski definition) is 4. The summed E-state index contributed by atoms with van der Waals surface area (Å²) in [4.78, 5) is 46.7. The molecule has 0 unspecified atom stereocenters. The highest BCUT2D eigenvalue weighted by atomic mass is 35.5. The molecule has 1 aromatic heterocycles. The molecule has 14 heteroatoms. The van der Waals surface area contributed by atoms with Gasteiger partial charge in [-0.15, -0.1) is 0 Å². The molecule has 5 rings (SSSR count). The molecule has 0 spiro atoms. The summed E-state index contributed by atoms with van der Waals surface area (Å²) in [6.45, 7) is 0. The van der Waals surface area contributed by atoms with Crippen LogP contribution in [0.2, 0.25) is 5.02 Å². The molecule has 2 heterocycles. The number of benzene rings is 2. The minimum atomic E-state index is -4.69. The van der Waals surface area contributed by atoms with Gasteiger partial charge in [0.2, 0.25) is 11.8 Å². The molecular formula is C30H27ClF6N4O3. The van der Waals surface area contributed by atoms with Gasteiger partial charge < -0.3 is 5.32 Å². The Labute approximate surface area is 253 Å². The zero-order valence-electron chi connectivity index (χ0n) is 22.1. The van der Waals surface area contributed by atoms with Crippen LogP contribution < -0.4 is 15.1 Å². The first-order valence-corrected chi connectivity index (χ1v) is 13.5. The molecule has 1 saturated heterocycles. The van der Waals surface area contributed by atoms with Crippen molar-refractivity contribution in [3.63, 3.8) is 0 Å². The largest absolute Gasteiger partial charge is 0.417 e. The molecule has 1 aliphatic heterocycles. The van der Waals surface area contributed by atoms with Crippen molar-refractivity contribution in [2.24, 2.45) is 0 Å². The van der Waals surface area contributed by atoms with Gasteiger partial charge in [-0.3, -0.25) is 24.2 Å². The van der Waals surface area contributed by atoms with Gasteiger partial charge in [0.05, 0.1) is 5.56 Å². The van der Waals surface area contributed by atoms with Gasteiger partial charge in [0, 0.05) is 47.8 Å². The van der Waals surface area contributed by atoms with E-state index in [1.54, 1.807) is 6.07 Å². The lowest BCUT2D eigenvalue weighted by atomic mass is 9.87. The Balaban J connectivity index is 0.00000442. The van der Waals surface area contributed by atoms with Crippen molar-refractivity contribution in [3.05, 3.63) is 88.8 Å². The first kappa shape index (κ1) is 32.8. The second-order valence-electron chi connectivity index (χ2n) is 10.3. The average molecular weight is 641 g/mol. The molecule has 3 aromatic rings. The van der Waals surface area contributed by atoms with Gasteiger partial charge >= 0.3 is 6.18 Å². The summed E-state index contributed by atoms with van der Waals surface area (Å²) >= 11 is 6.44. The number of carbonyl (C=O) groups is 3. The lowest BCUT2D eigenvalue weighted by Gasteiger charge is -2.39. The topological polar surface area (TPSA) is 82.6 Å². The van der Waals surface area contributed by atoms with E-state index in [1.165, 1.54) is 30.3 Å². The van der Waals surface area contributed by atoms with Gasteiger partial charge in [-0.1, -0.05) is 43.3 Å². The number of rotatable bonds is 7. The van der Waals surface area contributed by atoms with E-state index in [4.69, 9.17) is 11.6 Å². The highest BCUT2D eigenvalue weighted by Crippen LogP contribution is 2.40. The second-order valence-corrected chi connectivity index (χ2v) is 10.7. The van der Waals surface area contributed by atoms with Crippen LogP contribution in [-0.2, 0) is 20.6 Å². The Morgan fingerprint density at radius 2 is 1.77 bits per heavy atom. The molecule has 2 atom stereocenters. The van der Waals surface area contributed by atoms with E-state index in [2.05, 4.69) is 10.3 Å². The quantitative estimate of drug-likeness (QED) is 0.291. The van der Waals surface area contributed by atoms with Crippen molar-refractivity contribution >= 4 is 40.8 Å². The second kappa shape index (κ2) is 12.5. The molecule has 1 aliphatic carbocycles. The lowest BCUT2D eigenvalue weighted by Crippen LogP contribution is -2.56. The predicted molar refractivity (Wildman–Crippen MR) is 151 cm³/mol. The third-order valence-corrected chi connectivity index (χ3v) is 7.63.